The second-order valence-electron chi connectivity index (χ2n) is 7.46. The standard InChI is InChI=1S/C25H17Br2NO3/c1-2-14-3-5-15(6-4-14)22-21-23(29)19-13-17(27)9-12-20(19)31-24(21)25(30)28(22)18-10-7-16(26)8-11-18/h3-13,22H,2H2,1H3. The maximum absolute atomic E-state index is 13.6. The third kappa shape index (κ3) is 3.34. The lowest BCUT2D eigenvalue weighted by Crippen LogP contribution is -2.29. The fourth-order valence-corrected chi connectivity index (χ4v) is 4.69. The Hall–Kier alpha value is -2.70. The van der Waals surface area contributed by atoms with Gasteiger partial charge in [-0.2, -0.15) is 0 Å². The number of anilines is 1. The minimum atomic E-state index is -0.561. The van der Waals surface area contributed by atoms with Crippen LogP contribution in [0.2, 0.25) is 0 Å². The number of halogens is 2. The first-order valence-corrected chi connectivity index (χ1v) is 11.5. The Kier molecular flexibility index (Phi) is 5.07. The van der Waals surface area contributed by atoms with Gasteiger partial charge in [-0.05, 0) is 60.0 Å². The Morgan fingerprint density at radius 1 is 0.903 bits per heavy atom. The fourth-order valence-electron chi connectivity index (χ4n) is 4.06. The summed E-state index contributed by atoms with van der Waals surface area (Å²) in [5.41, 5.74) is 3.36. The molecular weight excluding hydrogens is 522 g/mol. The van der Waals surface area contributed by atoms with Crippen LogP contribution in [0, 0.1) is 0 Å². The van der Waals surface area contributed by atoms with Gasteiger partial charge in [-0.3, -0.25) is 14.5 Å². The SMILES string of the molecule is CCc1ccc(C2c3c(oc4ccc(Br)cc4c3=O)C(=O)N2c2ccc(Br)cc2)cc1. The predicted octanol–water partition coefficient (Wildman–Crippen LogP) is 6.63. The molecule has 5 rings (SSSR count). The van der Waals surface area contributed by atoms with Gasteiger partial charge in [-0.25, -0.2) is 0 Å². The van der Waals surface area contributed by atoms with Gasteiger partial charge in [0.15, 0.2) is 5.43 Å². The van der Waals surface area contributed by atoms with E-state index >= 15 is 0 Å². The molecule has 1 amide bonds. The molecular formula is C25H17Br2NO3. The van der Waals surface area contributed by atoms with Gasteiger partial charge in [0.25, 0.3) is 5.91 Å². The molecule has 3 aromatic carbocycles. The van der Waals surface area contributed by atoms with Crippen LogP contribution in [0.4, 0.5) is 5.69 Å². The van der Waals surface area contributed by atoms with E-state index in [1.165, 1.54) is 5.56 Å². The highest BCUT2D eigenvalue weighted by molar-refractivity contribution is 9.10. The first-order chi connectivity index (χ1) is 15.0. The summed E-state index contributed by atoms with van der Waals surface area (Å²) in [5.74, 6) is -0.212. The van der Waals surface area contributed by atoms with Gasteiger partial charge in [0.1, 0.15) is 5.58 Å². The number of rotatable bonds is 3. The summed E-state index contributed by atoms with van der Waals surface area (Å²) in [7, 11) is 0. The fraction of sp³-hybridized carbons (Fsp3) is 0.120. The summed E-state index contributed by atoms with van der Waals surface area (Å²) in [4.78, 5) is 28.8. The first kappa shape index (κ1) is 20.2. The summed E-state index contributed by atoms with van der Waals surface area (Å²) in [6, 6.07) is 20.2. The molecule has 1 aliphatic rings. The Morgan fingerprint density at radius 3 is 2.26 bits per heavy atom. The number of carbonyl (C=O) groups is 1. The van der Waals surface area contributed by atoms with Crippen LogP contribution in [0.3, 0.4) is 0 Å². The second-order valence-corrected chi connectivity index (χ2v) is 9.30. The van der Waals surface area contributed by atoms with Crippen molar-refractivity contribution >= 4 is 54.4 Å². The van der Waals surface area contributed by atoms with Crippen LogP contribution in [0.5, 0.6) is 0 Å². The minimum Gasteiger partial charge on any atom is -0.450 e. The van der Waals surface area contributed by atoms with Crippen LogP contribution in [-0.4, -0.2) is 5.91 Å². The molecule has 4 nitrogen and oxygen atoms in total. The summed E-state index contributed by atoms with van der Waals surface area (Å²) >= 11 is 6.87. The van der Waals surface area contributed by atoms with Crippen molar-refractivity contribution in [2.45, 2.75) is 19.4 Å². The van der Waals surface area contributed by atoms with E-state index < -0.39 is 6.04 Å². The molecule has 1 aliphatic heterocycles. The average Bonchev–Trinajstić information content (AvgIpc) is 3.07. The summed E-state index contributed by atoms with van der Waals surface area (Å²) in [6.45, 7) is 2.09. The molecule has 4 aromatic rings. The third-order valence-electron chi connectivity index (χ3n) is 5.64. The number of aryl methyl sites for hydroxylation is 1. The van der Waals surface area contributed by atoms with Crippen molar-refractivity contribution in [1.29, 1.82) is 0 Å². The number of amides is 1. The van der Waals surface area contributed by atoms with Crippen LogP contribution in [0.25, 0.3) is 11.0 Å². The van der Waals surface area contributed by atoms with Crippen LogP contribution >= 0.6 is 31.9 Å². The molecule has 0 spiro atoms. The maximum Gasteiger partial charge on any atom is 0.295 e. The maximum atomic E-state index is 13.6. The van der Waals surface area contributed by atoms with E-state index in [0.717, 1.165) is 20.9 Å². The highest BCUT2D eigenvalue weighted by Crippen LogP contribution is 2.41. The molecule has 0 aliphatic carbocycles. The average molecular weight is 539 g/mol. The number of carbonyl (C=O) groups excluding carboxylic acids is 1. The van der Waals surface area contributed by atoms with Gasteiger partial charge in [0.2, 0.25) is 5.76 Å². The quantitative estimate of drug-likeness (QED) is 0.294. The van der Waals surface area contributed by atoms with E-state index in [1.807, 2.05) is 48.5 Å². The smallest absolute Gasteiger partial charge is 0.295 e. The molecule has 6 heteroatoms. The van der Waals surface area contributed by atoms with Gasteiger partial charge in [0, 0.05) is 14.6 Å². The molecule has 1 unspecified atom stereocenters. The molecule has 0 N–H and O–H groups in total. The van der Waals surface area contributed by atoms with Crippen molar-refractivity contribution in [3.8, 4) is 0 Å². The lowest BCUT2D eigenvalue weighted by Gasteiger charge is -2.25. The van der Waals surface area contributed by atoms with Crippen molar-refractivity contribution in [2.24, 2.45) is 0 Å². The second kappa shape index (κ2) is 7.77. The van der Waals surface area contributed by atoms with Crippen molar-refractivity contribution in [2.75, 3.05) is 4.90 Å². The lowest BCUT2D eigenvalue weighted by atomic mass is 9.97. The highest BCUT2D eigenvalue weighted by atomic mass is 79.9. The third-order valence-corrected chi connectivity index (χ3v) is 6.66. The van der Waals surface area contributed by atoms with Crippen molar-refractivity contribution in [3.63, 3.8) is 0 Å². The number of hydrogen-bond acceptors (Lipinski definition) is 3. The van der Waals surface area contributed by atoms with Crippen molar-refractivity contribution in [1.82, 2.24) is 0 Å². The van der Waals surface area contributed by atoms with Gasteiger partial charge in [-0.15, -0.1) is 0 Å². The van der Waals surface area contributed by atoms with Crippen molar-refractivity contribution in [3.05, 3.63) is 108 Å². The predicted molar refractivity (Wildman–Crippen MR) is 129 cm³/mol. The van der Waals surface area contributed by atoms with Gasteiger partial charge < -0.3 is 4.42 Å². The van der Waals surface area contributed by atoms with E-state index in [9.17, 15) is 9.59 Å². The molecule has 1 aromatic heterocycles. The summed E-state index contributed by atoms with van der Waals surface area (Å²) in [6.07, 6.45) is 0.914. The normalized spacial score (nSPS) is 15.5. The molecule has 0 saturated heterocycles. The molecule has 1 atom stereocenters. The molecule has 0 saturated carbocycles. The highest BCUT2D eigenvalue weighted by Gasteiger charge is 2.43. The summed E-state index contributed by atoms with van der Waals surface area (Å²) in [5, 5.41) is 0.453. The van der Waals surface area contributed by atoms with Gasteiger partial charge in [0.05, 0.1) is 17.0 Å². The topological polar surface area (TPSA) is 50.5 Å². The number of fused-ring (bicyclic) bond motifs is 2. The first-order valence-electron chi connectivity index (χ1n) is 9.92. The van der Waals surface area contributed by atoms with E-state index in [4.69, 9.17) is 4.42 Å². The summed E-state index contributed by atoms with van der Waals surface area (Å²) < 4.78 is 7.70. The zero-order valence-electron chi connectivity index (χ0n) is 16.6. The van der Waals surface area contributed by atoms with Crippen molar-refractivity contribution < 1.29 is 9.21 Å². The van der Waals surface area contributed by atoms with E-state index in [1.54, 1.807) is 23.1 Å². The Balaban J connectivity index is 1.79. The minimum absolute atomic E-state index is 0.104. The number of benzene rings is 3. The van der Waals surface area contributed by atoms with E-state index in [2.05, 4.69) is 38.8 Å². The Labute approximate surface area is 195 Å². The molecule has 0 fully saturated rings. The van der Waals surface area contributed by atoms with E-state index in [0.29, 0.717) is 22.2 Å². The van der Waals surface area contributed by atoms with Crippen LogP contribution in [0.1, 0.15) is 40.2 Å². The van der Waals surface area contributed by atoms with E-state index in [-0.39, 0.29) is 17.1 Å². The Morgan fingerprint density at radius 2 is 1.58 bits per heavy atom. The molecule has 0 bridgehead atoms. The molecule has 0 radical (unpaired) electrons. The molecule has 31 heavy (non-hydrogen) atoms. The molecule has 2 heterocycles. The van der Waals surface area contributed by atoms with Crippen LogP contribution in [-0.2, 0) is 6.42 Å². The van der Waals surface area contributed by atoms with Gasteiger partial charge >= 0.3 is 0 Å². The van der Waals surface area contributed by atoms with Crippen LogP contribution in [0.15, 0.2) is 84.9 Å². The lowest BCUT2D eigenvalue weighted by molar-refractivity contribution is 0.0971. The Bertz CT molecular complexity index is 1380. The van der Waals surface area contributed by atoms with Gasteiger partial charge in [-0.1, -0.05) is 63.0 Å². The monoisotopic (exact) mass is 537 g/mol. The van der Waals surface area contributed by atoms with Crippen LogP contribution < -0.4 is 10.3 Å². The zero-order chi connectivity index (χ0) is 21.7. The molecule has 154 valence electrons. The number of hydrogen-bond donors (Lipinski definition) is 0. The zero-order valence-corrected chi connectivity index (χ0v) is 19.7. The number of nitrogens with zero attached hydrogens (tertiary/aromatic N) is 1. The largest absolute Gasteiger partial charge is 0.450 e.